The lowest BCUT2D eigenvalue weighted by molar-refractivity contribution is -0.120. The van der Waals surface area contributed by atoms with Crippen LogP contribution < -0.4 is 9.80 Å². The van der Waals surface area contributed by atoms with E-state index in [0.717, 1.165) is 0 Å². The molecule has 1 atom stereocenters. The number of nitrogens with one attached hydrogen (secondary N) is 1. The summed E-state index contributed by atoms with van der Waals surface area (Å²) in [5, 5.41) is 2.76. The van der Waals surface area contributed by atoms with Crippen LogP contribution in [-0.2, 0) is 4.79 Å². The average Bonchev–Trinajstić information content (AvgIpc) is 3.31. The fraction of sp³-hybridized carbons (Fsp3) is 0. The zero-order chi connectivity index (χ0) is 20.4. The molecule has 0 saturated heterocycles. The van der Waals surface area contributed by atoms with Crippen LogP contribution in [0.15, 0.2) is 83.4 Å². The summed E-state index contributed by atoms with van der Waals surface area (Å²) in [7, 11) is 0. The van der Waals surface area contributed by atoms with Gasteiger partial charge in [-0.3, -0.25) is 5.32 Å². The molecule has 144 valence electrons. The van der Waals surface area contributed by atoms with Crippen molar-refractivity contribution in [3.05, 3.63) is 101 Å². The molecule has 1 aliphatic heterocycles. The van der Waals surface area contributed by atoms with E-state index in [1.54, 1.807) is 54.6 Å². The Labute approximate surface area is 170 Å². The standard InChI is InChI=1S/C22H14ClFN2O3/c23-20-12-11-19(29-20)18-14-25-22(28)26(18,17-4-2-1-3-5-17)21(27)13-8-15-6-9-16(24)10-7-15/h1-14H/p+1. The van der Waals surface area contributed by atoms with Gasteiger partial charge in [-0.25, -0.2) is 14.0 Å². The highest BCUT2D eigenvalue weighted by molar-refractivity contribution is 6.29. The molecule has 5 nitrogen and oxygen atoms in total. The van der Waals surface area contributed by atoms with Gasteiger partial charge in [0.1, 0.15) is 5.82 Å². The SMILES string of the molecule is O=C(C=Cc1ccc(F)cc1)[N+]1(c2ccccc2)C(=O)NC=C1c1ccc(Cl)o1. The van der Waals surface area contributed by atoms with Crippen LogP contribution in [0.5, 0.6) is 0 Å². The van der Waals surface area contributed by atoms with Crippen LogP contribution in [0.4, 0.5) is 14.9 Å². The molecule has 1 aliphatic rings. The number of para-hydroxylation sites is 1. The minimum atomic E-state index is -0.748. The van der Waals surface area contributed by atoms with Gasteiger partial charge in [0.05, 0.1) is 6.20 Å². The number of quaternary nitrogens is 1. The molecule has 29 heavy (non-hydrogen) atoms. The van der Waals surface area contributed by atoms with E-state index in [2.05, 4.69) is 5.32 Å². The van der Waals surface area contributed by atoms with Crippen molar-refractivity contribution in [2.24, 2.45) is 0 Å². The second-order valence-electron chi connectivity index (χ2n) is 6.31. The summed E-state index contributed by atoms with van der Waals surface area (Å²) in [5.74, 6) is -0.602. The maximum Gasteiger partial charge on any atom is 0.439 e. The second kappa shape index (κ2) is 7.50. The molecular formula is C22H15ClFN2O3+. The number of rotatable bonds is 4. The van der Waals surface area contributed by atoms with Crippen molar-refractivity contribution >= 4 is 41.0 Å². The van der Waals surface area contributed by atoms with Crippen molar-refractivity contribution in [2.75, 3.05) is 0 Å². The molecule has 3 amide bonds. The number of nitrogens with zero attached hydrogens (tertiary/aromatic N) is 1. The Kier molecular flexibility index (Phi) is 4.88. The van der Waals surface area contributed by atoms with Gasteiger partial charge in [0.2, 0.25) is 5.70 Å². The summed E-state index contributed by atoms with van der Waals surface area (Å²) in [4.78, 5) is 26.5. The molecular weight excluding hydrogens is 395 g/mol. The van der Waals surface area contributed by atoms with E-state index >= 15 is 0 Å². The third kappa shape index (κ3) is 3.29. The molecule has 4 rings (SSSR count). The van der Waals surface area contributed by atoms with Crippen molar-refractivity contribution in [3.8, 4) is 0 Å². The number of hydrogen-bond acceptors (Lipinski definition) is 3. The quantitative estimate of drug-likeness (QED) is 0.467. The topological polar surface area (TPSA) is 59.3 Å². The number of amides is 3. The minimum Gasteiger partial charge on any atom is -0.439 e. The van der Waals surface area contributed by atoms with Crippen molar-refractivity contribution in [1.82, 2.24) is 9.80 Å². The molecule has 3 aromatic rings. The molecule has 1 N–H and O–H groups in total. The maximum absolute atomic E-state index is 13.4. The van der Waals surface area contributed by atoms with E-state index in [9.17, 15) is 14.0 Å². The van der Waals surface area contributed by atoms with E-state index in [1.165, 1.54) is 30.5 Å². The molecule has 2 heterocycles. The number of benzene rings is 2. The van der Waals surface area contributed by atoms with E-state index in [-0.39, 0.29) is 11.0 Å². The highest BCUT2D eigenvalue weighted by Gasteiger charge is 2.55. The Bertz CT molecular complexity index is 1140. The first-order valence-corrected chi connectivity index (χ1v) is 9.10. The number of carbonyl (C=O) groups excluding carboxylic acids is 2. The number of furan rings is 1. The molecule has 0 radical (unpaired) electrons. The average molecular weight is 410 g/mol. The van der Waals surface area contributed by atoms with Crippen LogP contribution in [-0.4, -0.2) is 11.9 Å². The molecule has 0 bridgehead atoms. The lowest BCUT2D eigenvalue weighted by atomic mass is 10.1. The first-order chi connectivity index (χ1) is 14.0. The lowest BCUT2D eigenvalue weighted by Gasteiger charge is -2.27. The smallest absolute Gasteiger partial charge is 0.439 e. The van der Waals surface area contributed by atoms with Crippen LogP contribution in [0, 0.1) is 5.82 Å². The van der Waals surface area contributed by atoms with Gasteiger partial charge >= 0.3 is 11.9 Å². The van der Waals surface area contributed by atoms with Gasteiger partial charge in [0, 0.05) is 18.2 Å². The van der Waals surface area contributed by atoms with Gasteiger partial charge in [-0.2, -0.15) is 0 Å². The predicted molar refractivity (Wildman–Crippen MR) is 109 cm³/mol. The molecule has 0 spiro atoms. The summed E-state index contributed by atoms with van der Waals surface area (Å²) >= 11 is 5.91. The lowest BCUT2D eigenvalue weighted by Crippen LogP contribution is -2.55. The summed E-state index contributed by atoms with van der Waals surface area (Å²) in [5.41, 5.74) is 1.37. The fourth-order valence-corrected chi connectivity index (χ4v) is 3.37. The van der Waals surface area contributed by atoms with Gasteiger partial charge in [-0.15, -0.1) is 4.48 Å². The fourth-order valence-electron chi connectivity index (χ4n) is 3.23. The zero-order valence-electron chi connectivity index (χ0n) is 15.0. The van der Waals surface area contributed by atoms with E-state index in [0.29, 0.717) is 22.7 Å². The first kappa shape index (κ1) is 18.9. The minimum absolute atomic E-state index is 0.140. The van der Waals surface area contributed by atoms with E-state index < -0.39 is 16.4 Å². The number of halogens is 2. The number of imide groups is 1. The Morgan fingerprint density at radius 2 is 1.76 bits per heavy atom. The Balaban J connectivity index is 1.83. The largest absolute Gasteiger partial charge is 0.439 e. The third-order valence-corrected chi connectivity index (χ3v) is 4.79. The van der Waals surface area contributed by atoms with Crippen molar-refractivity contribution < 1.29 is 18.4 Å². The number of hydrogen-bond donors (Lipinski definition) is 1. The van der Waals surface area contributed by atoms with E-state index in [4.69, 9.17) is 16.0 Å². The summed E-state index contributed by atoms with van der Waals surface area (Å²) < 4.78 is 17.9. The Hall–Kier alpha value is -3.48. The maximum atomic E-state index is 13.4. The number of urea groups is 1. The summed E-state index contributed by atoms with van der Waals surface area (Å²) in [6.45, 7) is 0. The summed E-state index contributed by atoms with van der Waals surface area (Å²) in [6, 6.07) is 16.9. The van der Waals surface area contributed by atoms with Gasteiger partial charge in [-0.05, 0) is 47.5 Å². The van der Waals surface area contributed by atoms with Crippen LogP contribution in [0.1, 0.15) is 11.3 Å². The normalized spacial score (nSPS) is 18.7. The van der Waals surface area contributed by atoms with Crippen LogP contribution in [0.25, 0.3) is 11.8 Å². The Morgan fingerprint density at radius 3 is 2.41 bits per heavy atom. The van der Waals surface area contributed by atoms with Crippen LogP contribution >= 0.6 is 11.6 Å². The summed E-state index contributed by atoms with van der Waals surface area (Å²) in [6.07, 6.45) is 4.26. The zero-order valence-corrected chi connectivity index (χ0v) is 15.8. The number of carbonyl (C=O) groups is 2. The second-order valence-corrected chi connectivity index (χ2v) is 6.68. The molecule has 1 unspecified atom stereocenters. The van der Waals surface area contributed by atoms with Crippen molar-refractivity contribution in [1.29, 1.82) is 0 Å². The van der Waals surface area contributed by atoms with Crippen molar-refractivity contribution in [2.45, 2.75) is 0 Å². The third-order valence-electron chi connectivity index (χ3n) is 4.59. The van der Waals surface area contributed by atoms with Gasteiger partial charge < -0.3 is 4.42 Å². The predicted octanol–water partition coefficient (Wildman–Crippen LogP) is 5.34. The van der Waals surface area contributed by atoms with Crippen LogP contribution in [0.3, 0.4) is 0 Å². The first-order valence-electron chi connectivity index (χ1n) is 8.72. The van der Waals surface area contributed by atoms with E-state index in [1.807, 2.05) is 0 Å². The van der Waals surface area contributed by atoms with Gasteiger partial charge in [-0.1, -0.05) is 30.3 Å². The molecule has 0 saturated carbocycles. The van der Waals surface area contributed by atoms with Gasteiger partial charge in [0.15, 0.2) is 16.7 Å². The molecule has 0 aliphatic carbocycles. The highest BCUT2D eigenvalue weighted by Crippen LogP contribution is 2.39. The Morgan fingerprint density at radius 1 is 1.03 bits per heavy atom. The molecule has 7 heteroatoms. The van der Waals surface area contributed by atoms with Crippen LogP contribution in [0.2, 0.25) is 5.22 Å². The van der Waals surface area contributed by atoms with Crippen molar-refractivity contribution in [3.63, 3.8) is 0 Å². The molecule has 2 aromatic carbocycles. The monoisotopic (exact) mass is 409 g/mol. The van der Waals surface area contributed by atoms with Gasteiger partial charge in [0.25, 0.3) is 0 Å². The molecule has 1 aromatic heterocycles. The highest BCUT2D eigenvalue weighted by atomic mass is 35.5. The molecule has 0 fully saturated rings.